The lowest BCUT2D eigenvalue weighted by Gasteiger charge is -2.04. The monoisotopic (exact) mass is 362 g/mol. The Bertz CT molecular complexity index is 999. The first kappa shape index (κ1) is 16.8. The Morgan fingerprint density at radius 2 is 2.00 bits per heavy atom. The van der Waals surface area contributed by atoms with Gasteiger partial charge < -0.3 is 4.74 Å². The van der Waals surface area contributed by atoms with Crippen molar-refractivity contribution in [2.24, 2.45) is 0 Å². The molecule has 2 aromatic carbocycles. The molecule has 0 aliphatic carbocycles. The highest BCUT2D eigenvalue weighted by molar-refractivity contribution is 6.32. The van der Waals surface area contributed by atoms with Crippen LogP contribution in [0.4, 0.5) is 4.39 Å². The van der Waals surface area contributed by atoms with Crippen LogP contribution in [0, 0.1) is 5.82 Å². The molecule has 128 valence electrons. The lowest BCUT2D eigenvalue weighted by molar-refractivity contribution is 0.0965. The van der Waals surface area contributed by atoms with Gasteiger partial charge in [0.05, 0.1) is 17.8 Å². The zero-order valence-corrected chi connectivity index (χ0v) is 13.8. The molecule has 3 aromatic rings. The number of tetrazole rings is 1. The summed E-state index contributed by atoms with van der Waals surface area (Å²) in [5, 5.41) is 7.72. The molecule has 0 atom stereocenters. The summed E-state index contributed by atoms with van der Waals surface area (Å²) >= 11 is 6.03. The third-order valence-electron chi connectivity index (χ3n) is 3.49. The van der Waals surface area contributed by atoms with E-state index in [1.165, 1.54) is 19.2 Å². The Labute approximate surface area is 146 Å². The molecule has 3 rings (SSSR count). The van der Waals surface area contributed by atoms with Crippen molar-refractivity contribution in [3.05, 3.63) is 69.4 Å². The smallest absolute Gasteiger partial charge is 0.368 e. The van der Waals surface area contributed by atoms with Gasteiger partial charge in [0.1, 0.15) is 6.54 Å². The third-order valence-corrected chi connectivity index (χ3v) is 3.81. The SMILES string of the molecule is COc1ccc(C(=O)Cn2nnn(-c3ccccc3Cl)c2=O)cc1F. The third kappa shape index (κ3) is 3.29. The molecule has 0 amide bonds. The average molecular weight is 363 g/mol. The fourth-order valence-electron chi connectivity index (χ4n) is 2.22. The highest BCUT2D eigenvalue weighted by atomic mass is 35.5. The first-order valence-electron chi connectivity index (χ1n) is 7.15. The summed E-state index contributed by atoms with van der Waals surface area (Å²) in [5.41, 5.74) is -0.184. The summed E-state index contributed by atoms with van der Waals surface area (Å²) < 4.78 is 20.4. The summed E-state index contributed by atoms with van der Waals surface area (Å²) in [5.74, 6) is -1.13. The molecule has 1 aromatic heterocycles. The maximum atomic E-state index is 13.7. The van der Waals surface area contributed by atoms with E-state index in [9.17, 15) is 14.0 Å². The molecule has 0 fully saturated rings. The maximum absolute atomic E-state index is 13.7. The second-order valence-corrected chi connectivity index (χ2v) is 5.46. The summed E-state index contributed by atoms with van der Waals surface area (Å²) in [4.78, 5) is 24.6. The van der Waals surface area contributed by atoms with E-state index in [0.717, 1.165) is 15.4 Å². The van der Waals surface area contributed by atoms with Crippen molar-refractivity contribution in [3.8, 4) is 11.4 Å². The van der Waals surface area contributed by atoms with E-state index in [4.69, 9.17) is 16.3 Å². The van der Waals surface area contributed by atoms with Gasteiger partial charge in [0.2, 0.25) is 0 Å². The van der Waals surface area contributed by atoms with Crippen LogP contribution < -0.4 is 10.4 Å². The van der Waals surface area contributed by atoms with Crippen molar-refractivity contribution in [2.45, 2.75) is 6.54 Å². The minimum Gasteiger partial charge on any atom is -0.494 e. The Kier molecular flexibility index (Phi) is 4.62. The number of rotatable bonds is 5. The fourth-order valence-corrected chi connectivity index (χ4v) is 2.43. The molecule has 25 heavy (non-hydrogen) atoms. The number of Topliss-reactive ketones (excluding diaryl/α,β-unsaturated/α-hetero) is 1. The van der Waals surface area contributed by atoms with Gasteiger partial charge in [-0.3, -0.25) is 4.79 Å². The van der Waals surface area contributed by atoms with Crippen molar-refractivity contribution in [3.63, 3.8) is 0 Å². The Morgan fingerprint density at radius 1 is 1.24 bits per heavy atom. The van der Waals surface area contributed by atoms with Gasteiger partial charge in [-0.1, -0.05) is 23.7 Å². The summed E-state index contributed by atoms with van der Waals surface area (Å²) in [6.07, 6.45) is 0. The van der Waals surface area contributed by atoms with Crippen molar-refractivity contribution in [1.29, 1.82) is 0 Å². The number of carbonyl (C=O) groups excluding carboxylic acids is 1. The minimum atomic E-state index is -0.666. The van der Waals surface area contributed by atoms with Gasteiger partial charge in [0.25, 0.3) is 0 Å². The van der Waals surface area contributed by atoms with Gasteiger partial charge in [-0.25, -0.2) is 9.18 Å². The number of hydrogen-bond acceptors (Lipinski definition) is 5. The summed E-state index contributed by atoms with van der Waals surface area (Å²) in [7, 11) is 1.33. The molecule has 0 aliphatic heterocycles. The number of carbonyl (C=O) groups is 1. The molecule has 9 heteroatoms. The van der Waals surface area contributed by atoms with Crippen LogP contribution in [-0.2, 0) is 6.54 Å². The highest BCUT2D eigenvalue weighted by Crippen LogP contribution is 2.18. The number of aromatic nitrogens is 4. The lowest BCUT2D eigenvalue weighted by Crippen LogP contribution is -2.27. The molecular formula is C16H12ClFN4O3. The number of hydrogen-bond donors (Lipinski definition) is 0. The van der Waals surface area contributed by atoms with Gasteiger partial charge in [0, 0.05) is 5.56 Å². The van der Waals surface area contributed by atoms with Crippen LogP contribution in [0.25, 0.3) is 5.69 Å². The summed E-state index contributed by atoms with van der Waals surface area (Å²) in [6, 6.07) is 10.4. The standard InChI is InChI=1S/C16H12ClFN4O3/c1-25-15-7-6-10(8-12(15)18)14(23)9-21-16(24)22(20-19-21)13-5-3-2-4-11(13)17/h2-8H,9H2,1H3. The number of ether oxygens (including phenoxy) is 1. The van der Waals surface area contributed by atoms with Crippen LogP contribution in [0.2, 0.25) is 5.02 Å². The van der Waals surface area contributed by atoms with Gasteiger partial charge in [-0.15, -0.1) is 0 Å². The Hall–Kier alpha value is -3.00. The molecule has 0 radical (unpaired) electrons. The summed E-state index contributed by atoms with van der Waals surface area (Å²) in [6.45, 7) is -0.380. The molecule has 0 saturated carbocycles. The normalized spacial score (nSPS) is 10.7. The largest absolute Gasteiger partial charge is 0.494 e. The van der Waals surface area contributed by atoms with Crippen LogP contribution in [-0.4, -0.2) is 32.7 Å². The number of methoxy groups -OCH3 is 1. The van der Waals surface area contributed by atoms with Crippen LogP contribution in [0.3, 0.4) is 0 Å². The van der Waals surface area contributed by atoms with Crippen LogP contribution >= 0.6 is 11.6 Å². The second kappa shape index (κ2) is 6.86. The van der Waals surface area contributed by atoms with Crippen molar-refractivity contribution < 1.29 is 13.9 Å². The van der Waals surface area contributed by atoms with E-state index < -0.39 is 17.3 Å². The van der Waals surface area contributed by atoms with Crippen molar-refractivity contribution in [2.75, 3.05) is 7.11 Å². The molecule has 0 bridgehead atoms. The average Bonchev–Trinajstić information content (AvgIpc) is 2.96. The van der Waals surface area contributed by atoms with E-state index in [1.807, 2.05) is 0 Å². The van der Waals surface area contributed by atoms with Crippen molar-refractivity contribution >= 4 is 17.4 Å². The zero-order valence-electron chi connectivity index (χ0n) is 13.0. The molecule has 0 aliphatic rings. The quantitative estimate of drug-likeness (QED) is 0.649. The maximum Gasteiger partial charge on any atom is 0.368 e. The van der Waals surface area contributed by atoms with E-state index >= 15 is 0 Å². The Morgan fingerprint density at radius 3 is 2.68 bits per heavy atom. The molecule has 0 N–H and O–H groups in total. The topological polar surface area (TPSA) is 79.0 Å². The molecule has 0 unspecified atom stereocenters. The molecule has 7 nitrogen and oxygen atoms in total. The lowest BCUT2D eigenvalue weighted by atomic mass is 10.1. The predicted octanol–water partition coefficient (Wildman–Crippen LogP) is 2.11. The van der Waals surface area contributed by atoms with E-state index in [0.29, 0.717) is 10.7 Å². The van der Waals surface area contributed by atoms with Crippen LogP contribution in [0.5, 0.6) is 5.75 Å². The molecule has 0 spiro atoms. The van der Waals surface area contributed by atoms with E-state index in [1.54, 1.807) is 24.3 Å². The van der Waals surface area contributed by atoms with Gasteiger partial charge >= 0.3 is 5.69 Å². The first-order chi connectivity index (χ1) is 12.0. The molecular weight excluding hydrogens is 351 g/mol. The Balaban J connectivity index is 1.87. The van der Waals surface area contributed by atoms with Gasteiger partial charge in [-0.05, 0) is 40.8 Å². The van der Waals surface area contributed by atoms with Gasteiger partial charge in [-0.2, -0.15) is 9.36 Å². The number of ketones is 1. The van der Waals surface area contributed by atoms with Crippen LogP contribution in [0.15, 0.2) is 47.3 Å². The zero-order chi connectivity index (χ0) is 18.0. The highest BCUT2D eigenvalue weighted by Gasteiger charge is 2.16. The van der Waals surface area contributed by atoms with Gasteiger partial charge in [0.15, 0.2) is 17.3 Å². The van der Waals surface area contributed by atoms with Crippen LogP contribution in [0.1, 0.15) is 10.4 Å². The predicted molar refractivity (Wildman–Crippen MR) is 87.9 cm³/mol. The number of nitrogens with zero attached hydrogens (tertiary/aromatic N) is 4. The first-order valence-corrected chi connectivity index (χ1v) is 7.53. The number of para-hydroxylation sites is 1. The second-order valence-electron chi connectivity index (χ2n) is 5.05. The van der Waals surface area contributed by atoms with Crippen molar-refractivity contribution in [1.82, 2.24) is 19.8 Å². The molecule has 1 heterocycles. The minimum absolute atomic E-state index is 0.0263. The molecule has 0 saturated heterocycles. The fraction of sp³-hybridized carbons (Fsp3) is 0.125. The van der Waals surface area contributed by atoms with E-state index in [-0.39, 0.29) is 17.9 Å². The number of benzene rings is 2. The number of halogens is 2. The van der Waals surface area contributed by atoms with E-state index in [2.05, 4.69) is 10.4 Å².